The van der Waals surface area contributed by atoms with Crippen LogP contribution >= 0.6 is 11.6 Å². The Hall–Kier alpha value is -0.770. The van der Waals surface area contributed by atoms with E-state index in [0.29, 0.717) is 6.04 Å². The molecule has 0 aliphatic carbocycles. The van der Waals surface area contributed by atoms with Crippen molar-refractivity contribution in [1.82, 2.24) is 5.32 Å². The van der Waals surface area contributed by atoms with Crippen LogP contribution in [0.2, 0.25) is 5.02 Å². The van der Waals surface area contributed by atoms with Crippen LogP contribution < -0.4 is 10.2 Å². The summed E-state index contributed by atoms with van der Waals surface area (Å²) in [6.45, 7) is 5.22. The van der Waals surface area contributed by atoms with E-state index >= 15 is 0 Å². The lowest BCUT2D eigenvalue weighted by atomic mass is 10.1. The summed E-state index contributed by atoms with van der Waals surface area (Å²) in [5, 5.41) is 13.3. The number of nitrogens with one attached hydrogen (secondary N) is 1. The van der Waals surface area contributed by atoms with E-state index in [9.17, 15) is 0 Å². The topological polar surface area (TPSA) is 35.5 Å². The van der Waals surface area contributed by atoms with Crippen molar-refractivity contribution in [3.8, 4) is 0 Å². The third-order valence-electron chi connectivity index (χ3n) is 3.28. The third kappa shape index (κ3) is 2.92. The fourth-order valence-electron chi connectivity index (χ4n) is 2.43. The molecule has 1 heterocycles. The summed E-state index contributed by atoms with van der Waals surface area (Å²) >= 11 is 5.98. The van der Waals surface area contributed by atoms with Gasteiger partial charge < -0.3 is 15.3 Å². The van der Waals surface area contributed by atoms with Crippen LogP contribution in [0.4, 0.5) is 5.69 Å². The smallest absolute Gasteiger partial charge is 0.0451 e. The van der Waals surface area contributed by atoms with E-state index in [4.69, 9.17) is 16.7 Å². The molecule has 1 aliphatic heterocycles. The standard InChI is InChI=1S/C13H19ClN2O/c1-10-8-11(14)2-3-13(10)16-6-5-15-9-12(16)4-7-17/h2-3,8,12,15,17H,4-7,9H2,1H3. The molecular weight excluding hydrogens is 236 g/mol. The molecule has 1 saturated heterocycles. The second kappa shape index (κ2) is 5.71. The molecule has 0 saturated carbocycles. The largest absolute Gasteiger partial charge is 0.396 e. The van der Waals surface area contributed by atoms with Crippen molar-refractivity contribution in [2.24, 2.45) is 0 Å². The van der Waals surface area contributed by atoms with Gasteiger partial charge in [0.1, 0.15) is 0 Å². The van der Waals surface area contributed by atoms with E-state index in [1.165, 1.54) is 11.3 Å². The van der Waals surface area contributed by atoms with Gasteiger partial charge in [0, 0.05) is 43.0 Å². The number of rotatable bonds is 3. The molecule has 1 aromatic carbocycles. The summed E-state index contributed by atoms with van der Waals surface area (Å²) in [4.78, 5) is 2.37. The molecule has 2 rings (SSSR count). The van der Waals surface area contributed by atoms with E-state index in [0.717, 1.165) is 31.1 Å². The van der Waals surface area contributed by atoms with Gasteiger partial charge in [0.2, 0.25) is 0 Å². The lowest BCUT2D eigenvalue weighted by Crippen LogP contribution is -2.52. The molecule has 17 heavy (non-hydrogen) atoms. The Morgan fingerprint density at radius 2 is 2.35 bits per heavy atom. The molecule has 1 unspecified atom stereocenters. The number of aryl methyl sites for hydroxylation is 1. The van der Waals surface area contributed by atoms with Gasteiger partial charge >= 0.3 is 0 Å². The van der Waals surface area contributed by atoms with Gasteiger partial charge in [-0.2, -0.15) is 0 Å². The molecule has 4 heteroatoms. The van der Waals surface area contributed by atoms with Gasteiger partial charge in [-0.3, -0.25) is 0 Å². The molecule has 3 nitrogen and oxygen atoms in total. The first-order valence-corrected chi connectivity index (χ1v) is 6.44. The van der Waals surface area contributed by atoms with E-state index in [1.54, 1.807) is 0 Å². The molecule has 1 atom stereocenters. The van der Waals surface area contributed by atoms with Gasteiger partial charge in [-0.15, -0.1) is 0 Å². The quantitative estimate of drug-likeness (QED) is 0.864. The zero-order chi connectivity index (χ0) is 12.3. The molecule has 0 amide bonds. The highest BCUT2D eigenvalue weighted by Crippen LogP contribution is 2.26. The summed E-state index contributed by atoms with van der Waals surface area (Å²) in [5.74, 6) is 0. The maximum absolute atomic E-state index is 9.12. The lowest BCUT2D eigenvalue weighted by molar-refractivity contribution is 0.266. The van der Waals surface area contributed by atoms with Crippen molar-refractivity contribution >= 4 is 17.3 Å². The van der Waals surface area contributed by atoms with Gasteiger partial charge in [-0.05, 0) is 37.1 Å². The Morgan fingerprint density at radius 3 is 3.06 bits per heavy atom. The highest BCUT2D eigenvalue weighted by molar-refractivity contribution is 6.30. The number of nitrogens with zero attached hydrogens (tertiary/aromatic N) is 1. The van der Waals surface area contributed by atoms with Crippen molar-refractivity contribution in [2.45, 2.75) is 19.4 Å². The zero-order valence-corrected chi connectivity index (χ0v) is 10.9. The lowest BCUT2D eigenvalue weighted by Gasteiger charge is -2.38. The highest BCUT2D eigenvalue weighted by Gasteiger charge is 2.22. The first kappa shape index (κ1) is 12.7. The predicted octanol–water partition coefficient (Wildman–Crippen LogP) is 1.81. The zero-order valence-electron chi connectivity index (χ0n) is 10.1. The Kier molecular flexibility index (Phi) is 4.26. The van der Waals surface area contributed by atoms with E-state index < -0.39 is 0 Å². The minimum Gasteiger partial charge on any atom is -0.396 e. The summed E-state index contributed by atoms with van der Waals surface area (Å²) < 4.78 is 0. The van der Waals surface area contributed by atoms with Crippen LogP contribution in [0.3, 0.4) is 0 Å². The molecule has 2 N–H and O–H groups in total. The van der Waals surface area contributed by atoms with E-state index in [2.05, 4.69) is 23.2 Å². The van der Waals surface area contributed by atoms with Gasteiger partial charge in [-0.25, -0.2) is 0 Å². The van der Waals surface area contributed by atoms with E-state index in [-0.39, 0.29) is 6.61 Å². The number of aliphatic hydroxyl groups excluding tert-OH is 1. The maximum Gasteiger partial charge on any atom is 0.0451 e. The van der Waals surface area contributed by atoms with Crippen LogP contribution in [0.25, 0.3) is 0 Å². The van der Waals surface area contributed by atoms with Crippen molar-refractivity contribution in [1.29, 1.82) is 0 Å². The number of hydrogen-bond acceptors (Lipinski definition) is 3. The van der Waals surface area contributed by atoms with Crippen LogP contribution in [-0.2, 0) is 0 Å². The molecule has 1 fully saturated rings. The van der Waals surface area contributed by atoms with E-state index in [1.807, 2.05) is 12.1 Å². The number of anilines is 1. The molecule has 94 valence electrons. The predicted molar refractivity (Wildman–Crippen MR) is 71.9 cm³/mol. The Labute approximate surface area is 107 Å². The first-order valence-electron chi connectivity index (χ1n) is 6.06. The summed E-state index contributed by atoms with van der Waals surface area (Å²) in [7, 11) is 0. The molecular formula is C13H19ClN2O. The Morgan fingerprint density at radius 1 is 1.53 bits per heavy atom. The van der Waals surface area contributed by atoms with Crippen molar-refractivity contribution < 1.29 is 5.11 Å². The van der Waals surface area contributed by atoms with Crippen molar-refractivity contribution in [2.75, 3.05) is 31.1 Å². The molecule has 0 radical (unpaired) electrons. The average Bonchev–Trinajstić information content (AvgIpc) is 2.31. The SMILES string of the molecule is Cc1cc(Cl)ccc1N1CCNCC1CCO. The summed E-state index contributed by atoms with van der Waals surface area (Å²) in [6, 6.07) is 6.37. The summed E-state index contributed by atoms with van der Waals surface area (Å²) in [5.41, 5.74) is 2.43. The third-order valence-corrected chi connectivity index (χ3v) is 3.52. The minimum atomic E-state index is 0.232. The second-order valence-corrected chi connectivity index (χ2v) is 4.93. The van der Waals surface area contributed by atoms with Gasteiger partial charge in [0.05, 0.1) is 0 Å². The molecule has 1 aliphatic rings. The van der Waals surface area contributed by atoms with Gasteiger partial charge in [0.25, 0.3) is 0 Å². The van der Waals surface area contributed by atoms with Crippen LogP contribution in [0.1, 0.15) is 12.0 Å². The van der Waals surface area contributed by atoms with Gasteiger partial charge in [-0.1, -0.05) is 11.6 Å². The number of hydrogen-bond donors (Lipinski definition) is 2. The second-order valence-electron chi connectivity index (χ2n) is 4.49. The van der Waals surface area contributed by atoms with Crippen molar-refractivity contribution in [3.05, 3.63) is 28.8 Å². The number of benzene rings is 1. The average molecular weight is 255 g/mol. The fraction of sp³-hybridized carbons (Fsp3) is 0.538. The Bertz CT molecular complexity index is 382. The van der Waals surface area contributed by atoms with Crippen LogP contribution in [0.5, 0.6) is 0 Å². The van der Waals surface area contributed by atoms with Crippen molar-refractivity contribution in [3.63, 3.8) is 0 Å². The molecule has 1 aromatic rings. The molecule has 0 aromatic heterocycles. The number of aliphatic hydroxyl groups is 1. The number of halogens is 1. The molecule has 0 bridgehead atoms. The summed E-state index contributed by atoms with van der Waals surface area (Å²) in [6.07, 6.45) is 0.801. The maximum atomic E-state index is 9.12. The minimum absolute atomic E-state index is 0.232. The normalized spacial score (nSPS) is 20.6. The molecule has 0 spiro atoms. The van der Waals surface area contributed by atoms with Gasteiger partial charge in [0.15, 0.2) is 0 Å². The van der Waals surface area contributed by atoms with Crippen LogP contribution in [-0.4, -0.2) is 37.4 Å². The first-order chi connectivity index (χ1) is 8.22. The van der Waals surface area contributed by atoms with Crippen LogP contribution in [0.15, 0.2) is 18.2 Å². The Balaban J connectivity index is 2.23. The van der Waals surface area contributed by atoms with Crippen LogP contribution in [0, 0.1) is 6.92 Å². The monoisotopic (exact) mass is 254 g/mol. The number of piperazine rings is 1. The fourth-order valence-corrected chi connectivity index (χ4v) is 2.65. The highest BCUT2D eigenvalue weighted by atomic mass is 35.5.